The molecule has 4 heteroatoms. The minimum absolute atomic E-state index is 0.145. The standard InChI is InChI=1S/C13H21N3O/c1-4-5-10-8-11(10)15-13-14-7-6-12(16-13)17-9(2)3/h6-7,9-11H,4-5,8H2,1-3H3,(H,14,15,16). The zero-order chi connectivity index (χ0) is 12.3. The monoisotopic (exact) mass is 235 g/mol. The number of hydrogen-bond acceptors (Lipinski definition) is 4. The quantitative estimate of drug-likeness (QED) is 0.823. The van der Waals surface area contributed by atoms with Gasteiger partial charge in [0.2, 0.25) is 11.8 Å². The van der Waals surface area contributed by atoms with Gasteiger partial charge in [0, 0.05) is 18.3 Å². The van der Waals surface area contributed by atoms with Crippen LogP contribution in [0, 0.1) is 5.92 Å². The van der Waals surface area contributed by atoms with Gasteiger partial charge in [-0.25, -0.2) is 4.98 Å². The van der Waals surface area contributed by atoms with E-state index in [1.807, 2.05) is 13.8 Å². The molecule has 2 unspecified atom stereocenters. The summed E-state index contributed by atoms with van der Waals surface area (Å²) in [6.07, 6.45) is 5.67. The Labute approximate surface area is 103 Å². The molecule has 1 N–H and O–H groups in total. The summed E-state index contributed by atoms with van der Waals surface area (Å²) in [5.41, 5.74) is 0. The summed E-state index contributed by atoms with van der Waals surface area (Å²) in [5.74, 6) is 2.13. The summed E-state index contributed by atoms with van der Waals surface area (Å²) in [4.78, 5) is 8.56. The molecule has 17 heavy (non-hydrogen) atoms. The normalized spacial score (nSPS) is 22.6. The van der Waals surface area contributed by atoms with Gasteiger partial charge in [0.25, 0.3) is 0 Å². The zero-order valence-electron chi connectivity index (χ0n) is 10.8. The highest BCUT2D eigenvalue weighted by Crippen LogP contribution is 2.36. The van der Waals surface area contributed by atoms with E-state index in [0.29, 0.717) is 17.9 Å². The minimum Gasteiger partial charge on any atom is -0.475 e. The third-order valence-electron chi connectivity index (χ3n) is 2.88. The van der Waals surface area contributed by atoms with Gasteiger partial charge in [-0.1, -0.05) is 13.3 Å². The maximum Gasteiger partial charge on any atom is 0.226 e. The molecule has 0 bridgehead atoms. The van der Waals surface area contributed by atoms with Crippen molar-refractivity contribution in [2.24, 2.45) is 5.92 Å². The lowest BCUT2D eigenvalue weighted by molar-refractivity contribution is 0.232. The molecule has 0 aromatic carbocycles. The Balaban J connectivity index is 1.89. The van der Waals surface area contributed by atoms with Crippen molar-refractivity contribution >= 4 is 5.95 Å². The van der Waals surface area contributed by atoms with E-state index < -0.39 is 0 Å². The van der Waals surface area contributed by atoms with Crippen LogP contribution in [-0.4, -0.2) is 22.1 Å². The Kier molecular flexibility index (Phi) is 3.82. The number of anilines is 1. The van der Waals surface area contributed by atoms with Crippen LogP contribution in [-0.2, 0) is 0 Å². The van der Waals surface area contributed by atoms with Crippen LogP contribution in [0.3, 0.4) is 0 Å². The van der Waals surface area contributed by atoms with Crippen molar-refractivity contribution in [2.45, 2.75) is 52.2 Å². The van der Waals surface area contributed by atoms with Crippen LogP contribution in [0.4, 0.5) is 5.95 Å². The van der Waals surface area contributed by atoms with Crippen LogP contribution in [0.15, 0.2) is 12.3 Å². The molecule has 2 atom stereocenters. The molecule has 4 nitrogen and oxygen atoms in total. The lowest BCUT2D eigenvalue weighted by Crippen LogP contribution is -2.11. The Bertz CT molecular complexity index is 367. The number of nitrogens with one attached hydrogen (secondary N) is 1. The van der Waals surface area contributed by atoms with Crippen LogP contribution in [0.2, 0.25) is 0 Å². The molecule has 0 amide bonds. The first-order valence-corrected chi connectivity index (χ1v) is 6.45. The van der Waals surface area contributed by atoms with Gasteiger partial charge in [-0.15, -0.1) is 0 Å². The van der Waals surface area contributed by atoms with Crippen molar-refractivity contribution in [3.8, 4) is 5.88 Å². The highest BCUT2D eigenvalue weighted by atomic mass is 16.5. The number of rotatable bonds is 6. The molecule has 1 heterocycles. The maximum atomic E-state index is 5.54. The molecule has 0 saturated heterocycles. The second-order valence-electron chi connectivity index (χ2n) is 4.92. The molecular formula is C13H21N3O. The summed E-state index contributed by atoms with van der Waals surface area (Å²) in [5, 5.41) is 3.36. The first-order valence-electron chi connectivity index (χ1n) is 6.45. The summed E-state index contributed by atoms with van der Waals surface area (Å²) in [6.45, 7) is 6.21. The van der Waals surface area contributed by atoms with E-state index in [1.165, 1.54) is 19.3 Å². The molecule has 0 aliphatic heterocycles. The highest BCUT2D eigenvalue weighted by Gasteiger charge is 2.36. The average molecular weight is 235 g/mol. The van der Waals surface area contributed by atoms with Crippen molar-refractivity contribution in [1.82, 2.24) is 9.97 Å². The molecule has 1 saturated carbocycles. The van der Waals surface area contributed by atoms with Gasteiger partial charge in [-0.2, -0.15) is 4.98 Å². The molecule has 2 rings (SSSR count). The van der Waals surface area contributed by atoms with E-state index in [4.69, 9.17) is 4.74 Å². The van der Waals surface area contributed by atoms with Crippen LogP contribution in [0.5, 0.6) is 5.88 Å². The molecule has 1 aromatic rings. The van der Waals surface area contributed by atoms with Gasteiger partial charge in [0.15, 0.2) is 0 Å². The van der Waals surface area contributed by atoms with Crippen LogP contribution >= 0.6 is 0 Å². The number of aromatic nitrogens is 2. The Morgan fingerprint density at radius 3 is 3.06 bits per heavy atom. The molecule has 94 valence electrons. The lowest BCUT2D eigenvalue weighted by Gasteiger charge is -2.09. The predicted octanol–water partition coefficient (Wildman–Crippen LogP) is 2.86. The molecular weight excluding hydrogens is 214 g/mol. The van der Waals surface area contributed by atoms with Gasteiger partial charge < -0.3 is 10.1 Å². The summed E-state index contributed by atoms with van der Waals surface area (Å²) >= 11 is 0. The van der Waals surface area contributed by atoms with Crippen molar-refractivity contribution in [3.05, 3.63) is 12.3 Å². The van der Waals surface area contributed by atoms with E-state index in [-0.39, 0.29) is 6.10 Å². The second kappa shape index (κ2) is 5.34. The SMILES string of the molecule is CCCC1CC1Nc1nccc(OC(C)C)n1. The first-order chi connectivity index (χ1) is 8.19. The van der Waals surface area contributed by atoms with E-state index in [0.717, 1.165) is 5.92 Å². The Hall–Kier alpha value is -1.32. The van der Waals surface area contributed by atoms with Crippen molar-refractivity contribution in [1.29, 1.82) is 0 Å². The first kappa shape index (κ1) is 12.1. The second-order valence-corrected chi connectivity index (χ2v) is 4.92. The van der Waals surface area contributed by atoms with Gasteiger partial charge in [-0.05, 0) is 32.6 Å². The summed E-state index contributed by atoms with van der Waals surface area (Å²) in [7, 11) is 0. The number of nitrogens with zero attached hydrogens (tertiary/aromatic N) is 2. The van der Waals surface area contributed by atoms with Crippen molar-refractivity contribution in [2.75, 3.05) is 5.32 Å². The van der Waals surface area contributed by atoms with Gasteiger partial charge in [0.1, 0.15) is 0 Å². The third-order valence-corrected chi connectivity index (χ3v) is 2.88. The van der Waals surface area contributed by atoms with Crippen LogP contribution < -0.4 is 10.1 Å². The number of hydrogen-bond donors (Lipinski definition) is 1. The molecule has 1 aliphatic rings. The fourth-order valence-corrected chi connectivity index (χ4v) is 2.00. The fraction of sp³-hybridized carbons (Fsp3) is 0.692. The average Bonchev–Trinajstić information content (AvgIpc) is 2.96. The van der Waals surface area contributed by atoms with Crippen LogP contribution in [0.1, 0.15) is 40.0 Å². The van der Waals surface area contributed by atoms with E-state index in [9.17, 15) is 0 Å². The molecule has 0 radical (unpaired) electrons. The fourth-order valence-electron chi connectivity index (χ4n) is 2.00. The summed E-state index contributed by atoms with van der Waals surface area (Å²) < 4.78 is 5.54. The molecule has 0 spiro atoms. The topological polar surface area (TPSA) is 47.0 Å². The predicted molar refractivity (Wildman–Crippen MR) is 68.2 cm³/mol. The van der Waals surface area contributed by atoms with E-state index in [1.54, 1.807) is 12.3 Å². The van der Waals surface area contributed by atoms with E-state index in [2.05, 4.69) is 22.2 Å². The van der Waals surface area contributed by atoms with Crippen LogP contribution in [0.25, 0.3) is 0 Å². The van der Waals surface area contributed by atoms with Gasteiger partial charge in [0.05, 0.1) is 6.10 Å². The molecule has 1 aromatic heterocycles. The van der Waals surface area contributed by atoms with Gasteiger partial charge >= 0.3 is 0 Å². The third kappa shape index (κ3) is 3.58. The number of ether oxygens (including phenoxy) is 1. The smallest absolute Gasteiger partial charge is 0.226 e. The minimum atomic E-state index is 0.145. The van der Waals surface area contributed by atoms with Gasteiger partial charge in [-0.3, -0.25) is 0 Å². The van der Waals surface area contributed by atoms with Crippen molar-refractivity contribution in [3.63, 3.8) is 0 Å². The lowest BCUT2D eigenvalue weighted by atomic mass is 10.2. The zero-order valence-corrected chi connectivity index (χ0v) is 10.8. The van der Waals surface area contributed by atoms with E-state index >= 15 is 0 Å². The Morgan fingerprint density at radius 1 is 1.53 bits per heavy atom. The largest absolute Gasteiger partial charge is 0.475 e. The Morgan fingerprint density at radius 2 is 2.35 bits per heavy atom. The summed E-state index contributed by atoms with van der Waals surface area (Å²) in [6, 6.07) is 2.35. The van der Waals surface area contributed by atoms with Crippen molar-refractivity contribution < 1.29 is 4.74 Å². The maximum absolute atomic E-state index is 5.54. The highest BCUT2D eigenvalue weighted by molar-refractivity contribution is 5.31. The molecule has 1 aliphatic carbocycles. The molecule has 1 fully saturated rings.